The molecule has 3 rings (SSSR count). The first-order valence-corrected chi connectivity index (χ1v) is 9.89. The third-order valence-electron chi connectivity index (χ3n) is 4.24. The van der Waals surface area contributed by atoms with E-state index >= 15 is 0 Å². The fourth-order valence-electron chi connectivity index (χ4n) is 2.88. The van der Waals surface area contributed by atoms with E-state index < -0.39 is 17.8 Å². The van der Waals surface area contributed by atoms with Gasteiger partial charge in [0.15, 0.2) is 0 Å². The number of rotatable bonds is 7. The minimum Gasteiger partial charge on any atom is -0.494 e. The number of hydrogen-bond acceptors (Lipinski definition) is 5. The quantitative estimate of drug-likeness (QED) is 0.528. The Morgan fingerprint density at radius 3 is 2.43 bits per heavy atom. The molecule has 0 bridgehead atoms. The van der Waals surface area contributed by atoms with Gasteiger partial charge in [-0.05, 0) is 61.9 Å². The summed E-state index contributed by atoms with van der Waals surface area (Å²) in [6.45, 7) is 4.78. The Morgan fingerprint density at radius 2 is 1.77 bits per heavy atom. The minimum absolute atomic E-state index is 0.202. The Kier molecular flexibility index (Phi) is 6.74. The molecule has 4 amide bonds. The van der Waals surface area contributed by atoms with Gasteiger partial charge in [-0.1, -0.05) is 18.5 Å². The van der Waals surface area contributed by atoms with Gasteiger partial charge in [0.1, 0.15) is 17.1 Å². The highest BCUT2D eigenvalue weighted by Crippen LogP contribution is 2.28. The van der Waals surface area contributed by atoms with Crippen molar-refractivity contribution in [3.8, 4) is 11.5 Å². The van der Waals surface area contributed by atoms with Crippen molar-refractivity contribution in [1.29, 1.82) is 0 Å². The van der Waals surface area contributed by atoms with E-state index in [-0.39, 0.29) is 5.57 Å². The number of carbonyl (C=O) groups is 3. The van der Waals surface area contributed by atoms with Crippen LogP contribution >= 0.6 is 11.6 Å². The van der Waals surface area contributed by atoms with Crippen LogP contribution in [0.15, 0.2) is 48.0 Å². The number of hydrogen-bond donors (Lipinski definition) is 1. The number of anilines is 1. The van der Waals surface area contributed by atoms with Crippen LogP contribution in [0, 0.1) is 0 Å². The molecular formula is C22H21ClN2O5. The molecule has 8 heteroatoms. The van der Waals surface area contributed by atoms with Gasteiger partial charge < -0.3 is 9.47 Å². The van der Waals surface area contributed by atoms with E-state index in [1.807, 2.05) is 13.8 Å². The van der Waals surface area contributed by atoms with Crippen molar-refractivity contribution in [3.63, 3.8) is 0 Å². The minimum atomic E-state index is -0.820. The maximum atomic E-state index is 13.0. The molecule has 1 heterocycles. The van der Waals surface area contributed by atoms with Crippen LogP contribution in [-0.4, -0.2) is 31.1 Å². The molecule has 0 unspecified atom stereocenters. The number of urea groups is 1. The first-order valence-electron chi connectivity index (χ1n) is 9.51. The predicted octanol–water partition coefficient (Wildman–Crippen LogP) is 4.19. The highest BCUT2D eigenvalue weighted by atomic mass is 35.5. The number of nitrogens with zero attached hydrogens (tertiary/aromatic N) is 1. The lowest BCUT2D eigenvalue weighted by Crippen LogP contribution is -2.54. The first kappa shape index (κ1) is 21.4. The molecule has 1 aliphatic heterocycles. The number of barbiturate groups is 1. The van der Waals surface area contributed by atoms with Gasteiger partial charge in [0, 0.05) is 10.6 Å². The molecule has 1 aliphatic rings. The van der Waals surface area contributed by atoms with Crippen molar-refractivity contribution >= 4 is 41.2 Å². The van der Waals surface area contributed by atoms with Gasteiger partial charge >= 0.3 is 6.03 Å². The number of halogens is 1. The fourth-order valence-corrected chi connectivity index (χ4v) is 3.06. The topological polar surface area (TPSA) is 84.9 Å². The molecule has 1 fully saturated rings. The Balaban J connectivity index is 1.97. The van der Waals surface area contributed by atoms with Gasteiger partial charge in [-0.2, -0.15) is 0 Å². The predicted molar refractivity (Wildman–Crippen MR) is 114 cm³/mol. The third-order valence-corrected chi connectivity index (χ3v) is 4.48. The molecule has 0 spiro atoms. The monoisotopic (exact) mass is 428 g/mol. The van der Waals surface area contributed by atoms with Crippen LogP contribution in [-0.2, 0) is 9.59 Å². The van der Waals surface area contributed by atoms with E-state index in [0.29, 0.717) is 41.0 Å². The summed E-state index contributed by atoms with van der Waals surface area (Å²) in [4.78, 5) is 38.7. The Labute approximate surface area is 179 Å². The standard InChI is InChI=1S/C22H21ClN2O5/c1-3-11-30-19-10-5-15(23)12-14(19)13-18-20(26)24-22(28)25(21(18)27)16-6-8-17(9-7-16)29-4-2/h5-10,12-13H,3-4,11H2,1-2H3,(H,24,26,28)/b18-13+. The average molecular weight is 429 g/mol. The van der Waals surface area contributed by atoms with E-state index in [1.165, 1.54) is 6.08 Å². The van der Waals surface area contributed by atoms with Crippen LogP contribution in [0.25, 0.3) is 6.08 Å². The van der Waals surface area contributed by atoms with Crippen LogP contribution < -0.4 is 19.7 Å². The Morgan fingerprint density at radius 1 is 1.03 bits per heavy atom. The van der Waals surface area contributed by atoms with E-state index in [1.54, 1.807) is 42.5 Å². The summed E-state index contributed by atoms with van der Waals surface area (Å²) in [5.41, 5.74) is 0.579. The van der Waals surface area contributed by atoms with Crippen LogP contribution in [0.3, 0.4) is 0 Å². The van der Waals surface area contributed by atoms with Crippen LogP contribution in [0.1, 0.15) is 25.8 Å². The second-order valence-electron chi connectivity index (χ2n) is 6.42. The maximum Gasteiger partial charge on any atom is 0.335 e. The van der Waals surface area contributed by atoms with Crippen LogP contribution in [0.4, 0.5) is 10.5 Å². The third kappa shape index (κ3) is 4.63. The zero-order chi connectivity index (χ0) is 21.7. The smallest absolute Gasteiger partial charge is 0.335 e. The van der Waals surface area contributed by atoms with Crippen molar-refractivity contribution < 1.29 is 23.9 Å². The molecule has 1 saturated heterocycles. The molecule has 0 aliphatic carbocycles. The summed E-state index contributed by atoms with van der Waals surface area (Å²) >= 11 is 6.08. The summed E-state index contributed by atoms with van der Waals surface area (Å²) in [5, 5.41) is 2.62. The molecular weight excluding hydrogens is 408 g/mol. The van der Waals surface area contributed by atoms with Crippen molar-refractivity contribution in [3.05, 3.63) is 58.6 Å². The van der Waals surface area contributed by atoms with E-state index in [2.05, 4.69) is 5.32 Å². The van der Waals surface area contributed by atoms with Gasteiger partial charge in [0.25, 0.3) is 11.8 Å². The molecule has 156 valence electrons. The molecule has 7 nitrogen and oxygen atoms in total. The highest BCUT2D eigenvalue weighted by Gasteiger charge is 2.37. The molecule has 2 aromatic carbocycles. The second-order valence-corrected chi connectivity index (χ2v) is 6.85. The van der Waals surface area contributed by atoms with Crippen molar-refractivity contribution in [2.75, 3.05) is 18.1 Å². The summed E-state index contributed by atoms with van der Waals surface area (Å²) in [6, 6.07) is 10.5. The first-order chi connectivity index (χ1) is 14.4. The van der Waals surface area contributed by atoms with Crippen molar-refractivity contribution in [2.45, 2.75) is 20.3 Å². The van der Waals surface area contributed by atoms with Crippen molar-refractivity contribution in [2.24, 2.45) is 0 Å². The lowest BCUT2D eigenvalue weighted by molar-refractivity contribution is -0.122. The molecule has 1 N–H and O–H groups in total. The number of carbonyl (C=O) groups excluding carboxylic acids is 3. The summed E-state index contributed by atoms with van der Waals surface area (Å²) in [5.74, 6) is -0.434. The molecule has 0 aromatic heterocycles. The second kappa shape index (κ2) is 9.45. The average Bonchev–Trinajstić information content (AvgIpc) is 2.72. The normalized spacial score (nSPS) is 15.4. The number of nitrogens with one attached hydrogen (secondary N) is 1. The maximum absolute atomic E-state index is 13.0. The number of amides is 4. The van der Waals surface area contributed by atoms with E-state index in [9.17, 15) is 14.4 Å². The number of benzene rings is 2. The lowest BCUT2D eigenvalue weighted by atomic mass is 10.1. The lowest BCUT2D eigenvalue weighted by Gasteiger charge is -2.26. The van der Waals surface area contributed by atoms with Crippen LogP contribution in [0.2, 0.25) is 5.02 Å². The molecule has 0 radical (unpaired) electrons. The molecule has 2 aromatic rings. The Bertz CT molecular complexity index is 1000. The van der Waals surface area contributed by atoms with Gasteiger partial charge in [-0.15, -0.1) is 0 Å². The molecule has 0 atom stereocenters. The fraction of sp³-hybridized carbons (Fsp3) is 0.227. The van der Waals surface area contributed by atoms with E-state index in [4.69, 9.17) is 21.1 Å². The highest BCUT2D eigenvalue weighted by molar-refractivity contribution is 6.39. The summed E-state index contributed by atoms with van der Waals surface area (Å²) in [7, 11) is 0. The van der Waals surface area contributed by atoms with Crippen molar-refractivity contribution in [1.82, 2.24) is 5.32 Å². The van der Waals surface area contributed by atoms with E-state index in [0.717, 1.165) is 11.3 Å². The number of imide groups is 2. The molecule has 0 saturated carbocycles. The van der Waals surface area contributed by atoms with Gasteiger partial charge in [0.2, 0.25) is 0 Å². The summed E-state index contributed by atoms with van der Waals surface area (Å²) in [6.07, 6.45) is 2.17. The zero-order valence-corrected chi connectivity index (χ0v) is 17.4. The van der Waals surface area contributed by atoms with Crippen LogP contribution in [0.5, 0.6) is 11.5 Å². The summed E-state index contributed by atoms with van der Waals surface area (Å²) < 4.78 is 11.1. The largest absolute Gasteiger partial charge is 0.494 e. The number of ether oxygens (including phenoxy) is 2. The van der Waals surface area contributed by atoms with Gasteiger partial charge in [-0.25, -0.2) is 9.69 Å². The zero-order valence-electron chi connectivity index (χ0n) is 16.6. The van der Waals surface area contributed by atoms with Gasteiger partial charge in [-0.3, -0.25) is 14.9 Å². The Hall–Kier alpha value is -3.32. The SMILES string of the molecule is CCCOc1ccc(Cl)cc1/C=C1\C(=O)NC(=O)N(c2ccc(OCC)cc2)C1=O. The molecule has 30 heavy (non-hydrogen) atoms. The van der Waals surface area contributed by atoms with Gasteiger partial charge in [0.05, 0.1) is 18.9 Å².